The number of nitrogens with zero attached hydrogens (tertiary/aromatic N) is 2. The molecular weight excluding hydrogens is 288 g/mol. The fourth-order valence-corrected chi connectivity index (χ4v) is 3.24. The predicted octanol–water partition coefficient (Wildman–Crippen LogP) is 3.33. The molecule has 1 saturated heterocycles. The van der Waals surface area contributed by atoms with Crippen molar-refractivity contribution in [2.75, 3.05) is 13.1 Å². The number of furan rings is 1. The first-order valence-electron chi connectivity index (χ1n) is 8.51. The zero-order valence-corrected chi connectivity index (χ0v) is 14.6. The second-order valence-corrected chi connectivity index (χ2v) is 7.49. The van der Waals surface area contributed by atoms with Crippen LogP contribution in [-0.2, 0) is 6.54 Å². The number of hydrogen-bond acceptors (Lipinski definition) is 4. The van der Waals surface area contributed by atoms with Gasteiger partial charge in [0.1, 0.15) is 11.5 Å². The van der Waals surface area contributed by atoms with Crippen LogP contribution in [0.5, 0.6) is 0 Å². The Labute approximate surface area is 138 Å². The van der Waals surface area contributed by atoms with Crippen molar-refractivity contribution in [2.45, 2.75) is 58.7 Å². The maximum atomic E-state index is 5.71. The van der Waals surface area contributed by atoms with Gasteiger partial charge in [-0.3, -0.25) is 10.00 Å². The van der Waals surface area contributed by atoms with E-state index in [1.807, 2.05) is 25.3 Å². The number of hydrogen-bond donors (Lipinski definition) is 2. The van der Waals surface area contributed by atoms with E-state index in [1.165, 1.54) is 12.8 Å². The van der Waals surface area contributed by atoms with Crippen molar-refractivity contribution in [3.63, 3.8) is 0 Å². The third-order valence-electron chi connectivity index (χ3n) is 4.73. The third kappa shape index (κ3) is 3.85. The van der Waals surface area contributed by atoms with Crippen LogP contribution in [0.4, 0.5) is 0 Å². The number of aryl methyl sites for hydroxylation is 1. The second-order valence-electron chi connectivity index (χ2n) is 7.49. The van der Waals surface area contributed by atoms with E-state index in [1.54, 1.807) is 0 Å². The summed E-state index contributed by atoms with van der Waals surface area (Å²) in [6.07, 6.45) is 4.29. The second kappa shape index (κ2) is 6.49. The van der Waals surface area contributed by atoms with Crippen LogP contribution in [0.25, 0.3) is 11.5 Å². The van der Waals surface area contributed by atoms with Crippen molar-refractivity contribution in [3.05, 3.63) is 29.7 Å². The molecule has 23 heavy (non-hydrogen) atoms. The summed E-state index contributed by atoms with van der Waals surface area (Å²) in [5, 5.41) is 10.9. The molecule has 1 aliphatic rings. The molecule has 0 spiro atoms. The lowest BCUT2D eigenvalue weighted by molar-refractivity contribution is 0.0960. The van der Waals surface area contributed by atoms with E-state index in [9.17, 15) is 0 Å². The topological polar surface area (TPSA) is 57.1 Å². The Morgan fingerprint density at radius 2 is 2.04 bits per heavy atom. The fraction of sp³-hybridized carbons (Fsp3) is 0.611. The van der Waals surface area contributed by atoms with Crippen LogP contribution < -0.4 is 5.32 Å². The van der Waals surface area contributed by atoms with Gasteiger partial charge in [-0.05, 0) is 52.7 Å². The summed E-state index contributed by atoms with van der Waals surface area (Å²) >= 11 is 0. The van der Waals surface area contributed by atoms with E-state index in [2.05, 4.69) is 41.2 Å². The normalized spacial score (nSPS) is 17.7. The molecule has 0 aromatic carbocycles. The number of H-pyrrole nitrogens is 1. The Hall–Kier alpha value is -1.59. The summed E-state index contributed by atoms with van der Waals surface area (Å²) in [5.74, 6) is 1.78. The molecule has 2 aromatic rings. The van der Waals surface area contributed by atoms with Gasteiger partial charge < -0.3 is 9.73 Å². The predicted molar refractivity (Wildman–Crippen MR) is 92.2 cm³/mol. The molecule has 0 bridgehead atoms. The monoisotopic (exact) mass is 316 g/mol. The lowest BCUT2D eigenvalue weighted by Gasteiger charge is -2.41. The molecule has 0 aliphatic carbocycles. The highest BCUT2D eigenvalue weighted by Gasteiger charge is 2.26. The molecule has 126 valence electrons. The Balaban J connectivity index is 1.55. The average molecular weight is 316 g/mol. The van der Waals surface area contributed by atoms with Crippen molar-refractivity contribution in [3.8, 4) is 11.5 Å². The zero-order valence-electron chi connectivity index (χ0n) is 14.6. The highest BCUT2D eigenvalue weighted by Crippen LogP contribution is 2.24. The van der Waals surface area contributed by atoms with Gasteiger partial charge in [0, 0.05) is 36.8 Å². The minimum absolute atomic E-state index is 0.278. The Morgan fingerprint density at radius 1 is 1.30 bits per heavy atom. The summed E-state index contributed by atoms with van der Waals surface area (Å²) in [7, 11) is 0. The lowest BCUT2D eigenvalue weighted by Crippen LogP contribution is -2.49. The third-order valence-corrected chi connectivity index (χ3v) is 4.73. The van der Waals surface area contributed by atoms with Gasteiger partial charge >= 0.3 is 0 Å². The van der Waals surface area contributed by atoms with Crippen LogP contribution in [0.1, 0.15) is 44.9 Å². The highest BCUT2D eigenvalue weighted by molar-refractivity contribution is 5.56. The van der Waals surface area contributed by atoms with Crippen LogP contribution in [-0.4, -0.2) is 39.8 Å². The van der Waals surface area contributed by atoms with Gasteiger partial charge in [0.25, 0.3) is 0 Å². The van der Waals surface area contributed by atoms with E-state index in [0.717, 1.165) is 42.4 Å². The van der Waals surface area contributed by atoms with Crippen LogP contribution in [0, 0.1) is 6.92 Å². The standard InChI is InChI=1S/C18H28N4O/c1-13-5-6-16(23-13)17-14(12-20-21-17)11-19-15-7-9-22(10-8-15)18(2,3)4/h5-6,12,15,19H,7-11H2,1-4H3,(H,20,21). The SMILES string of the molecule is Cc1ccc(-c2[nH]ncc2CNC2CCN(C(C)(C)C)CC2)o1. The maximum Gasteiger partial charge on any atom is 0.152 e. The van der Waals surface area contributed by atoms with E-state index in [4.69, 9.17) is 4.42 Å². The molecule has 5 heteroatoms. The Kier molecular flexibility index (Phi) is 4.60. The molecule has 3 heterocycles. The van der Waals surface area contributed by atoms with Gasteiger partial charge in [-0.1, -0.05) is 0 Å². The first-order chi connectivity index (χ1) is 10.9. The van der Waals surface area contributed by atoms with E-state index in [-0.39, 0.29) is 5.54 Å². The zero-order chi connectivity index (χ0) is 16.4. The minimum atomic E-state index is 0.278. The van der Waals surface area contributed by atoms with Crippen LogP contribution in [0.2, 0.25) is 0 Å². The molecule has 1 aliphatic heterocycles. The molecular formula is C18H28N4O. The molecule has 1 fully saturated rings. The molecule has 2 N–H and O–H groups in total. The Bertz CT molecular complexity index is 629. The lowest BCUT2D eigenvalue weighted by atomic mass is 9.98. The Morgan fingerprint density at radius 3 is 2.65 bits per heavy atom. The van der Waals surface area contributed by atoms with Crippen molar-refractivity contribution in [1.82, 2.24) is 20.4 Å². The van der Waals surface area contributed by atoms with Gasteiger partial charge in [-0.2, -0.15) is 5.10 Å². The van der Waals surface area contributed by atoms with Gasteiger partial charge in [-0.15, -0.1) is 0 Å². The summed E-state index contributed by atoms with van der Waals surface area (Å²) < 4.78 is 5.71. The van der Waals surface area contributed by atoms with E-state index >= 15 is 0 Å². The largest absolute Gasteiger partial charge is 0.460 e. The summed E-state index contributed by atoms with van der Waals surface area (Å²) in [6, 6.07) is 4.55. The van der Waals surface area contributed by atoms with Gasteiger partial charge in [0.2, 0.25) is 0 Å². The molecule has 3 rings (SSSR count). The van der Waals surface area contributed by atoms with Crippen LogP contribution in [0.15, 0.2) is 22.7 Å². The van der Waals surface area contributed by atoms with Crippen molar-refractivity contribution < 1.29 is 4.42 Å². The molecule has 0 unspecified atom stereocenters. The van der Waals surface area contributed by atoms with Crippen LogP contribution >= 0.6 is 0 Å². The van der Waals surface area contributed by atoms with Gasteiger partial charge in [0.05, 0.1) is 6.20 Å². The number of nitrogens with one attached hydrogen (secondary N) is 2. The highest BCUT2D eigenvalue weighted by atomic mass is 16.3. The smallest absolute Gasteiger partial charge is 0.152 e. The van der Waals surface area contributed by atoms with Gasteiger partial charge in [-0.25, -0.2) is 0 Å². The van der Waals surface area contributed by atoms with Crippen LogP contribution in [0.3, 0.4) is 0 Å². The van der Waals surface area contributed by atoms with E-state index in [0.29, 0.717) is 6.04 Å². The summed E-state index contributed by atoms with van der Waals surface area (Å²) in [4.78, 5) is 2.57. The number of aromatic nitrogens is 2. The first-order valence-corrected chi connectivity index (χ1v) is 8.51. The summed E-state index contributed by atoms with van der Waals surface area (Å²) in [5.41, 5.74) is 2.43. The quantitative estimate of drug-likeness (QED) is 0.908. The van der Waals surface area contributed by atoms with Crippen molar-refractivity contribution in [1.29, 1.82) is 0 Å². The molecule has 0 saturated carbocycles. The maximum absolute atomic E-state index is 5.71. The molecule has 5 nitrogen and oxygen atoms in total. The number of rotatable bonds is 4. The molecule has 0 amide bonds. The van der Waals surface area contributed by atoms with Gasteiger partial charge in [0.15, 0.2) is 5.76 Å². The average Bonchev–Trinajstić information content (AvgIpc) is 3.13. The number of aromatic amines is 1. The molecule has 0 atom stereocenters. The van der Waals surface area contributed by atoms with Crippen molar-refractivity contribution >= 4 is 0 Å². The first kappa shape index (κ1) is 16.3. The number of likely N-dealkylation sites (tertiary alicyclic amines) is 1. The van der Waals surface area contributed by atoms with Crippen molar-refractivity contribution in [2.24, 2.45) is 0 Å². The number of piperidine rings is 1. The minimum Gasteiger partial charge on any atom is -0.460 e. The van der Waals surface area contributed by atoms with E-state index < -0.39 is 0 Å². The molecule has 0 radical (unpaired) electrons. The molecule has 2 aromatic heterocycles. The fourth-order valence-electron chi connectivity index (χ4n) is 3.24. The summed E-state index contributed by atoms with van der Waals surface area (Å²) in [6.45, 7) is 12.0.